The van der Waals surface area contributed by atoms with Crippen molar-refractivity contribution in [1.29, 1.82) is 0 Å². The Bertz CT molecular complexity index is 438. The summed E-state index contributed by atoms with van der Waals surface area (Å²) >= 11 is 0. The highest BCUT2D eigenvalue weighted by atomic mass is 17.2. The molecule has 0 atom stereocenters. The summed E-state index contributed by atoms with van der Waals surface area (Å²) in [5.74, 6) is -0.589. The summed E-state index contributed by atoms with van der Waals surface area (Å²) in [5.41, 5.74) is -0.524. The first-order valence-electron chi connectivity index (χ1n) is 10.8. The Hall–Kier alpha value is -1.14. The third-order valence-corrected chi connectivity index (χ3v) is 3.52. The van der Waals surface area contributed by atoms with E-state index in [0.29, 0.717) is 18.4 Å². The zero-order chi connectivity index (χ0) is 23.1. The normalized spacial score (nSPS) is 12.1. The van der Waals surface area contributed by atoms with E-state index in [1.54, 1.807) is 20.8 Å². The van der Waals surface area contributed by atoms with Gasteiger partial charge in [0.05, 0.1) is 12.0 Å². The minimum Gasteiger partial charge on any atom is -0.298 e. The number of carbonyl (C=O) groups is 2. The molecule has 6 nitrogen and oxygen atoms in total. The molecule has 0 bridgehead atoms. The van der Waals surface area contributed by atoms with Gasteiger partial charge in [-0.3, -0.25) is 9.78 Å². The van der Waals surface area contributed by atoms with Crippen LogP contribution in [-0.4, -0.2) is 24.1 Å². The van der Waals surface area contributed by atoms with Gasteiger partial charge in [-0.2, -0.15) is 9.78 Å². The van der Waals surface area contributed by atoms with Gasteiger partial charge in [0, 0.05) is 6.42 Å². The van der Waals surface area contributed by atoms with E-state index in [4.69, 9.17) is 14.7 Å². The molecule has 0 aliphatic heterocycles. The van der Waals surface area contributed by atoms with Crippen molar-refractivity contribution >= 4 is 11.9 Å². The molecule has 0 spiro atoms. The largest absolute Gasteiger partial charge is 0.347 e. The highest BCUT2D eigenvalue weighted by molar-refractivity contribution is 5.74. The van der Waals surface area contributed by atoms with E-state index >= 15 is 0 Å². The second kappa shape index (κ2) is 14.8. The quantitative estimate of drug-likeness (QED) is 0.227. The summed E-state index contributed by atoms with van der Waals surface area (Å²) in [5, 5.41) is 0. The molecule has 29 heavy (non-hydrogen) atoms. The number of carbonyl (C=O) groups excluding carboxylic acids is 2. The van der Waals surface area contributed by atoms with Crippen LogP contribution in [0.3, 0.4) is 0 Å². The van der Waals surface area contributed by atoms with Crippen molar-refractivity contribution in [2.45, 2.75) is 120 Å². The maximum Gasteiger partial charge on any atom is 0.347 e. The molecule has 0 aliphatic rings. The van der Waals surface area contributed by atoms with Crippen LogP contribution in [0.4, 0.5) is 0 Å². The fourth-order valence-electron chi connectivity index (χ4n) is 1.74. The van der Waals surface area contributed by atoms with Crippen LogP contribution < -0.4 is 0 Å². The van der Waals surface area contributed by atoms with Crippen LogP contribution in [0.25, 0.3) is 0 Å². The predicted octanol–water partition coefficient (Wildman–Crippen LogP) is 6.56. The van der Waals surface area contributed by atoms with E-state index in [2.05, 4.69) is 32.6 Å². The van der Waals surface area contributed by atoms with Crippen molar-refractivity contribution in [3.8, 4) is 0 Å². The Balaban J connectivity index is 0. The zero-order valence-electron chi connectivity index (χ0n) is 20.6. The van der Waals surface area contributed by atoms with Crippen LogP contribution in [0.5, 0.6) is 0 Å². The van der Waals surface area contributed by atoms with Gasteiger partial charge in [-0.15, -0.1) is 0 Å². The molecule has 0 unspecified atom stereocenters. The minimum atomic E-state index is -0.480. The van der Waals surface area contributed by atoms with Gasteiger partial charge in [-0.25, -0.2) is 9.59 Å². The molecule has 0 saturated carbocycles. The molecule has 174 valence electrons. The average molecular weight is 419 g/mol. The molecule has 0 fully saturated rings. The third-order valence-electron chi connectivity index (χ3n) is 3.52. The summed E-state index contributed by atoms with van der Waals surface area (Å²) in [6.45, 7) is 20.2. The molecular weight excluding hydrogens is 372 g/mol. The van der Waals surface area contributed by atoms with Crippen molar-refractivity contribution in [2.75, 3.05) is 6.61 Å². The molecule has 0 aromatic rings. The molecule has 0 saturated heterocycles. The molecule has 0 aromatic heterocycles. The van der Waals surface area contributed by atoms with Gasteiger partial charge in [0.1, 0.15) is 5.60 Å². The maximum atomic E-state index is 11.3. The summed E-state index contributed by atoms with van der Waals surface area (Å²) in [6.07, 6.45) is 6.70. The van der Waals surface area contributed by atoms with Crippen molar-refractivity contribution in [3.63, 3.8) is 0 Å². The Kier molecular flexibility index (Phi) is 15.3. The SMILES string of the molecule is CC(C)(C)CCCCCC(=O)OOC(C)(C)C.CCCCOOC(=O)C(C)(C)C. The zero-order valence-corrected chi connectivity index (χ0v) is 20.6. The van der Waals surface area contributed by atoms with Gasteiger partial charge < -0.3 is 0 Å². The van der Waals surface area contributed by atoms with E-state index in [1.807, 2.05) is 20.8 Å². The summed E-state index contributed by atoms with van der Waals surface area (Å²) in [7, 11) is 0. The Morgan fingerprint density at radius 3 is 1.79 bits per heavy atom. The monoisotopic (exact) mass is 418 g/mol. The van der Waals surface area contributed by atoms with Gasteiger partial charge in [0.15, 0.2) is 0 Å². The predicted molar refractivity (Wildman–Crippen MR) is 116 cm³/mol. The van der Waals surface area contributed by atoms with Crippen LogP contribution in [-0.2, 0) is 29.1 Å². The molecule has 0 aromatic carbocycles. The van der Waals surface area contributed by atoms with Crippen molar-refractivity contribution < 1.29 is 29.1 Å². The summed E-state index contributed by atoms with van der Waals surface area (Å²) in [4.78, 5) is 41.3. The molecule has 0 N–H and O–H groups in total. The number of hydrogen-bond acceptors (Lipinski definition) is 6. The Labute approximate surface area is 178 Å². The highest BCUT2D eigenvalue weighted by Gasteiger charge is 2.24. The smallest absolute Gasteiger partial charge is 0.298 e. The molecular formula is C23H46O6. The first-order chi connectivity index (χ1) is 13.1. The lowest BCUT2D eigenvalue weighted by molar-refractivity contribution is -0.320. The van der Waals surface area contributed by atoms with Gasteiger partial charge >= 0.3 is 11.9 Å². The van der Waals surface area contributed by atoms with Gasteiger partial charge in [0.25, 0.3) is 0 Å². The third kappa shape index (κ3) is 24.8. The fourth-order valence-corrected chi connectivity index (χ4v) is 1.74. The lowest BCUT2D eigenvalue weighted by Gasteiger charge is -2.18. The van der Waals surface area contributed by atoms with Crippen molar-refractivity contribution in [3.05, 3.63) is 0 Å². The second-order valence-corrected chi connectivity index (χ2v) is 10.6. The van der Waals surface area contributed by atoms with E-state index in [0.717, 1.165) is 32.1 Å². The molecule has 0 amide bonds. The van der Waals surface area contributed by atoms with E-state index in [9.17, 15) is 9.59 Å². The molecule has 0 heterocycles. The molecule has 0 radical (unpaired) electrons. The molecule has 0 aliphatic carbocycles. The highest BCUT2D eigenvalue weighted by Crippen LogP contribution is 2.22. The topological polar surface area (TPSA) is 71.1 Å². The fraction of sp³-hybridized carbons (Fsp3) is 0.913. The molecule has 6 heteroatoms. The van der Waals surface area contributed by atoms with E-state index in [-0.39, 0.29) is 11.9 Å². The van der Waals surface area contributed by atoms with Crippen LogP contribution >= 0.6 is 0 Å². The number of hydrogen-bond donors (Lipinski definition) is 0. The van der Waals surface area contributed by atoms with Crippen LogP contribution in [0.15, 0.2) is 0 Å². The van der Waals surface area contributed by atoms with E-state index < -0.39 is 11.0 Å². The maximum absolute atomic E-state index is 11.3. The summed E-state index contributed by atoms with van der Waals surface area (Å²) in [6, 6.07) is 0. The second-order valence-electron chi connectivity index (χ2n) is 10.6. The van der Waals surface area contributed by atoms with Gasteiger partial charge in [-0.1, -0.05) is 47.0 Å². The molecule has 0 rings (SSSR count). The lowest BCUT2D eigenvalue weighted by atomic mass is 9.89. The standard InChI is InChI=1S/C14H28O3.C9H18O3/c1-13(2,3)11-9-7-8-10-12(15)16-17-14(4,5)6;1-5-6-7-11-12-8(10)9(2,3)4/h7-11H2,1-6H3;5-7H2,1-4H3. The van der Waals surface area contributed by atoms with Crippen LogP contribution in [0, 0.1) is 10.8 Å². The lowest BCUT2D eigenvalue weighted by Crippen LogP contribution is -2.23. The first-order valence-corrected chi connectivity index (χ1v) is 10.8. The summed E-state index contributed by atoms with van der Waals surface area (Å²) < 4.78 is 0. The first kappa shape index (κ1) is 30.1. The van der Waals surface area contributed by atoms with Crippen LogP contribution in [0.2, 0.25) is 0 Å². The Morgan fingerprint density at radius 2 is 1.34 bits per heavy atom. The van der Waals surface area contributed by atoms with Crippen molar-refractivity contribution in [2.24, 2.45) is 10.8 Å². The Morgan fingerprint density at radius 1 is 0.759 bits per heavy atom. The number of rotatable bonds is 10. The van der Waals surface area contributed by atoms with Crippen molar-refractivity contribution in [1.82, 2.24) is 0 Å². The van der Waals surface area contributed by atoms with Gasteiger partial charge in [0.2, 0.25) is 0 Å². The average Bonchev–Trinajstić information content (AvgIpc) is 2.54. The van der Waals surface area contributed by atoms with Gasteiger partial charge in [-0.05, 0) is 66.2 Å². The van der Waals surface area contributed by atoms with Crippen LogP contribution in [0.1, 0.15) is 114 Å². The minimum absolute atomic E-state index is 0.268. The van der Waals surface area contributed by atoms with E-state index in [1.165, 1.54) is 6.42 Å². The number of unbranched alkanes of at least 4 members (excludes halogenated alkanes) is 3.